The maximum Gasteiger partial charge on any atom is 0.405 e. The third-order valence-electron chi connectivity index (χ3n) is 5.52. The molecule has 4 amide bonds. The van der Waals surface area contributed by atoms with Crippen LogP contribution in [0.15, 0.2) is 0 Å². The summed E-state index contributed by atoms with van der Waals surface area (Å²) in [6.07, 6.45) is 1.89. The topological polar surface area (TPSA) is 81.8 Å². The molecular formula is C18H29F3N4O3. The van der Waals surface area contributed by atoms with E-state index in [-0.39, 0.29) is 5.91 Å². The van der Waals surface area contributed by atoms with Gasteiger partial charge in [0, 0.05) is 32.6 Å². The Kier molecular flexibility index (Phi) is 8.09. The number of hydrogen-bond acceptors (Lipinski definition) is 4. The first-order valence-corrected chi connectivity index (χ1v) is 9.83. The highest BCUT2D eigenvalue weighted by Gasteiger charge is 2.30. The summed E-state index contributed by atoms with van der Waals surface area (Å²) in [6.45, 7) is 2.05. The zero-order valence-corrected chi connectivity index (χ0v) is 16.2. The molecule has 0 spiro atoms. The average molecular weight is 406 g/mol. The molecule has 28 heavy (non-hydrogen) atoms. The molecule has 1 heterocycles. The molecule has 1 saturated heterocycles. The van der Waals surface area contributed by atoms with Crippen molar-refractivity contribution in [1.29, 1.82) is 0 Å². The number of urea groups is 1. The van der Waals surface area contributed by atoms with Gasteiger partial charge in [-0.3, -0.25) is 19.8 Å². The van der Waals surface area contributed by atoms with Crippen LogP contribution >= 0.6 is 0 Å². The number of imide groups is 1. The van der Waals surface area contributed by atoms with Crippen molar-refractivity contribution in [3.63, 3.8) is 0 Å². The predicted octanol–water partition coefficient (Wildman–Crippen LogP) is 1.88. The summed E-state index contributed by atoms with van der Waals surface area (Å²) in [4.78, 5) is 39.4. The van der Waals surface area contributed by atoms with Gasteiger partial charge in [0.1, 0.15) is 6.54 Å². The van der Waals surface area contributed by atoms with Crippen molar-refractivity contribution in [2.24, 2.45) is 5.92 Å². The molecule has 0 radical (unpaired) electrons. The fourth-order valence-corrected chi connectivity index (χ4v) is 3.75. The van der Waals surface area contributed by atoms with Crippen LogP contribution in [-0.4, -0.2) is 72.6 Å². The zero-order chi connectivity index (χ0) is 20.7. The number of carbonyl (C=O) groups excluding carboxylic acids is 3. The second-order valence-corrected chi connectivity index (χ2v) is 7.57. The largest absolute Gasteiger partial charge is 0.405 e. The Balaban J connectivity index is 1.68. The van der Waals surface area contributed by atoms with E-state index < -0.39 is 30.7 Å². The highest BCUT2D eigenvalue weighted by Crippen LogP contribution is 2.28. The first-order chi connectivity index (χ1) is 13.2. The van der Waals surface area contributed by atoms with Crippen molar-refractivity contribution in [2.45, 2.75) is 57.7 Å². The first kappa shape index (κ1) is 22.4. The molecule has 2 N–H and O–H groups in total. The number of carbonyl (C=O) groups is 3. The van der Waals surface area contributed by atoms with Crippen LogP contribution in [0.3, 0.4) is 0 Å². The van der Waals surface area contributed by atoms with Crippen LogP contribution in [0.5, 0.6) is 0 Å². The Labute approximate surface area is 163 Å². The molecule has 1 aliphatic carbocycles. The lowest BCUT2D eigenvalue weighted by Gasteiger charge is -2.37. The first-order valence-electron chi connectivity index (χ1n) is 9.83. The number of halogens is 3. The zero-order valence-electron chi connectivity index (χ0n) is 16.2. The van der Waals surface area contributed by atoms with E-state index in [4.69, 9.17) is 0 Å². The Hall–Kier alpha value is -1.84. The molecular weight excluding hydrogens is 377 g/mol. The maximum atomic E-state index is 12.3. The van der Waals surface area contributed by atoms with Crippen molar-refractivity contribution < 1.29 is 27.6 Å². The van der Waals surface area contributed by atoms with Gasteiger partial charge in [-0.05, 0) is 19.3 Å². The summed E-state index contributed by atoms with van der Waals surface area (Å²) in [6, 6.07) is -1.85. The second-order valence-electron chi connectivity index (χ2n) is 7.57. The third-order valence-corrected chi connectivity index (χ3v) is 5.52. The van der Waals surface area contributed by atoms with Crippen molar-refractivity contribution in [2.75, 3.05) is 32.7 Å². The van der Waals surface area contributed by atoms with Gasteiger partial charge in [0.2, 0.25) is 11.8 Å². The predicted molar refractivity (Wildman–Crippen MR) is 96.4 cm³/mol. The molecule has 160 valence electrons. The molecule has 10 heteroatoms. The standard InChI is InChI=1S/C18H29F3N4O3/c1-13(16(27)23-17(28)22-12-18(19,20)21)24-8-10-25(11-9-24)15(26)7-6-14-4-2-3-5-14/h13-14H,2-12H2,1H3,(H2,22,23,27,28). The quantitative estimate of drug-likeness (QED) is 0.706. The number of nitrogens with zero attached hydrogens (tertiary/aromatic N) is 2. The lowest BCUT2D eigenvalue weighted by molar-refractivity contribution is -0.134. The minimum absolute atomic E-state index is 0.134. The summed E-state index contributed by atoms with van der Waals surface area (Å²) in [5, 5.41) is 3.53. The molecule has 0 aromatic heterocycles. The fraction of sp³-hybridized carbons (Fsp3) is 0.833. The Morgan fingerprint density at radius 3 is 2.25 bits per heavy atom. The van der Waals surface area contributed by atoms with Gasteiger partial charge < -0.3 is 10.2 Å². The average Bonchev–Trinajstić information content (AvgIpc) is 3.17. The molecule has 1 atom stereocenters. The van der Waals surface area contributed by atoms with Gasteiger partial charge >= 0.3 is 12.2 Å². The lowest BCUT2D eigenvalue weighted by Crippen LogP contribution is -2.56. The van der Waals surface area contributed by atoms with Gasteiger partial charge in [-0.15, -0.1) is 0 Å². The number of rotatable bonds is 6. The van der Waals surface area contributed by atoms with Crippen LogP contribution in [-0.2, 0) is 9.59 Å². The number of piperazine rings is 1. The Morgan fingerprint density at radius 2 is 1.68 bits per heavy atom. The smallest absolute Gasteiger partial charge is 0.340 e. The lowest BCUT2D eigenvalue weighted by atomic mass is 10.0. The van der Waals surface area contributed by atoms with Gasteiger partial charge in [0.05, 0.1) is 6.04 Å². The normalized spacial score (nSPS) is 20.1. The Bertz CT molecular complexity index is 557. The second kappa shape index (κ2) is 10.1. The summed E-state index contributed by atoms with van der Waals surface area (Å²) >= 11 is 0. The number of amides is 4. The molecule has 0 bridgehead atoms. The minimum atomic E-state index is -4.54. The van der Waals surface area contributed by atoms with Crippen LogP contribution in [0.2, 0.25) is 0 Å². The van der Waals surface area contributed by atoms with E-state index >= 15 is 0 Å². The highest BCUT2D eigenvalue weighted by molar-refractivity contribution is 5.96. The van der Waals surface area contributed by atoms with E-state index in [9.17, 15) is 27.6 Å². The van der Waals surface area contributed by atoms with Crippen molar-refractivity contribution in [3.8, 4) is 0 Å². The third kappa shape index (κ3) is 7.29. The molecule has 1 aliphatic heterocycles. The number of nitrogens with one attached hydrogen (secondary N) is 2. The number of alkyl halides is 3. The summed E-state index contributed by atoms with van der Waals surface area (Å²) in [7, 11) is 0. The van der Waals surface area contributed by atoms with Gasteiger partial charge in [0.15, 0.2) is 0 Å². The van der Waals surface area contributed by atoms with Gasteiger partial charge in [-0.2, -0.15) is 13.2 Å². The minimum Gasteiger partial charge on any atom is -0.340 e. The van der Waals surface area contributed by atoms with Crippen molar-refractivity contribution in [3.05, 3.63) is 0 Å². The summed E-state index contributed by atoms with van der Waals surface area (Å²) in [5.41, 5.74) is 0. The van der Waals surface area contributed by atoms with E-state index in [1.54, 1.807) is 17.1 Å². The molecule has 2 rings (SSSR count). The van der Waals surface area contributed by atoms with Crippen molar-refractivity contribution in [1.82, 2.24) is 20.4 Å². The van der Waals surface area contributed by atoms with Crippen LogP contribution in [0, 0.1) is 5.92 Å². The van der Waals surface area contributed by atoms with E-state index in [1.807, 2.05) is 10.2 Å². The molecule has 7 nitrogen and oxygen atoms in total. The Morgan fingerprint density at radius 1 is 1.07 bits per heavy atom. The van der Waals surface area contributed by atoms with E-state index in [0.717, 1.165) is 6.42 Å². The van der Waals surface area contributed by atoms with Crippen LogP contribution < -0.4 is 10.6 Å². The molecule has 2 fully saturated rings. The van der Waals surface area contributed by atoms with Crippen LogP contribution in [0.1, 0.15) is 45.4 Å². The fourth-order valence-electron chi connectivity index (χ4n) is 3.75. The maximum absolute atomic E-state index is 12.3. The monoisotopic (exact) mass is 406 g/mol. The van der Waals surface area contributed by atoms with E-state index in [2.05, 4.69) is 0 Å². The summed E-state index contributed by atoms with van der Waals surface area (Å²) in [5.74, 6) is 0.133. The van der Waals surface area contributed by atoms with Crippen LogP contribution in [0.4, 0.5) is 18.0 Å². The van der Waals surface area contributed by atoms with Gasteiger partial charge in [0.25, 0.3) is 0 Å². The molecule has 2 aliphatic rings. The number of hydrogen-bond donors (Lipinski definition) is 2. The molecule has 1 saturated carbocycles. The highest BCUT2D eigenvalue weighted by atomic mass is 19.4. The van der Waals surface area contributed by atoms with Gasteiger partial charge in [-0.1, -0.05) is 25.7 Å². The van der Waals surface area contributed by atoms with Crippen molar-refractivity contribution >= 4 is 17.8 Å². The summed E-state index contributed by atoms with van der Waals surface area (Å²) < 4.78 is 36.2. The van der Waals surface area contributed by atoms with E-state index in [0.29, 0.717) is 38.5 Å². The SMILES string of the molecule is CC(C(=O)NC(=O)NCC(F)(F)F)N1CCN(C(=O)CCC2CCCC2)CC1. The molecule has 0 aromatic rings. The molecule has 1 unspecified atom stereocenters. The molecule has 0 aromatic carbocycles. The van der Waals surface area contributed by atoms with E-state index in [1.165, 1.54) is 25.7 Å². The van der Waals surface area contributed by atoms with Crippen LogP contribution in [0.25, 0.3) is 0 Å². The van der Waals surface area contributed by atoms with Gasteiger partial charge in [-0.25, -0.2) is 4.79 Å².